The van der Waals surface area contributed by atoms with Crippen molar-refractivity contribution in [2.45, 2.75) is 13.5 Å². The fraction of sp³-hybridized carbons (Fsp3) is 0.200. The molecule has 84 valence electrons. The molecule has 0 aliphatic carbocycles. The third-order valence-electron chi connectivity index (χ3n) is 1.88. The molecule has 1 aromatic heterocycles. The number of hydrogen-bond donors (Lipinski definition) is 1. The molecule has 0 aliphatic rings. The number of benzene rings is 1. The first-order chi connectivity index (χ1) is 7.63. The number of nitrogens with zero attached hydrogens (tertiary/aromatic N) is 2. The number of anilines is 1. The van der Waals surface area contributed by atoms with Gasteiger partial charge in [-0.3, -0.25) is 0 Å². The molecule has 1 aromatic carbocycles. The molecule has 0 spiro atoms. The Morgan fingerprint density at radius 2 is 1.94 bits per heavy atom. The third kappa shape index (κ3) is 2.53. The van der Waals surface area contributed by atoms with E-state index in [1.807, 2.05) is 0 Å². The van der Waals surface area contributed by atoms with Crippen LogP contribution in [0.4, 0.5) is 14.5 Å². The Bertz CT molecular complexity index is 478. The highest BCUT2D eigenvalue weighted by Crippen LogP contribution is 2.13. The molecular formula is C10H9F2N3O. The Kier molecular flexibility index (Phi) is 2.80. The van der Waals surface area contributed by atoms with E-state index in [0.717, 1.165) is 6.07 Å². The summed E-state index contributed by atoms with van der Waals surface area (Å²) in [6, 6.07) is 3.19. The summed E-state index contributed by atoms with van der Waals surface area (Å²) >= 11 is 0. The highest BCUT2D eigenvalue weighted by Gasteiger charge is 2.03. The maximum Gasteiger partial charge on any atom is 0.223 e. The Balaban J connectivity index is 2.04. The van der Waals surface area contributed by atoms with Gasteiger partial charge < -0.3 is 9.84 Å². The predicted molar refractivity (Wildman–Crippen MR) is 52.7 cm³/mol. The van der Waals surface area contributed by atoms with Crippen molar-refractivity contribution >= 4 is 5.69 Å². The molecule has 0 atom stereocenters. The van der Waals surface area contributed by atoms with E-state index in [4.69, 9.17) is 4.52 Å². The van der Waals surface area contributed by atoms with Gasteiger partial charge in [0.25, 0.3) is 0 Å². The van der Waals surface area contributed by atoms with Gasteiger partial charge in [0.1, 0.15) is 11.6 Å². The number of aromatic nitrogens is 2. The lowest BCUT2D eigenvalue weighted by Crippen LogP contribution is -2.02. The highest BCUT2D eigenvalue weighted by molar-refractivity contribution is 5.43. The van der Waals surface area contributed by atoms with Crippen molar-refractivity contribution in [2.24, 2.45) is 0 Å². The SMILES string of the molecule is Cc1nc(CNc2cc(F)cc(F)c2)no1. The largest absolute Gasteiger partial charge is 0.377 e. The Hall–Kier alpha value is -1.98. The second kappa shape index (κ2) is 4.26. The zero-order valence-electron chi connectivity index (χ0n) is 8.50. The van der Waals surface area contributed by atoms with Gasteiger partial charge >= 0.3 is 0 Å². The van der Waals surface area contributed by atoms with Crippen LogP contribution in [-0.2, 0) is 6.54 Å². The van der Waals surface area contributed by atoms with Crippen LogP contribution in [0.1, 0.15) is 11.7 Å². The van der Waals surface area contributed by atoms with Gasteiger partial charge in [-0.15, -0.1) is 0 Å². The molecule has 0 unspecified atom stereocenters. The van der Waals surface area contributed by atoms with E-state index >= 15 is 0 Å². The van der Waals surface area contributed by atoms with Crippen molar-refractivity contribution in [3.63, 3.8) is 0 Å². The molecule has 1 N–H and O–H groups in total. The van der Waals surface area contributed by atoms with Gasteiger partial charge in [-0.2, -0.15) is 4.98 Å². The molecule has 0 fully saturated rings. The molecule has 0 amide bonds. The Labute approximate surface area is 90.3 Å². The van der Waals surface area contributed by atoms with Crippen LogP contribution in [0.25, 0.3) is 0 Å². The molecule has 1 heterocycles. The fourth-order valence-electron chi connectivity index (χ4n) is 1.25. The first-order valence-electron chi connectivity index (χ1n) is 4.62. The zero-order valence-corrected chi connectivity index (χ0v) is 8.50. The van der Waals surface area contributed by atoms with Gasteiger partial charge in [-0.25, -0.2) is 8.78 Å². The summed E-state index contributed by atoms with van der Waals surface area (Å²) in [5.41, 5.74) is 0.333. The summed E-state index contributed by atoms with van der Waals surface area (Å²) in [7, 11) is 0. The van der Waals surface area contributed by atoms with Crippen molar-refractivity contribution in [1.82, 2.24) is 10.1 Å². The average molecular weight is 225 g/mol. The topological polar surface area (TPSA) is 51.0 Å². The van der Waals surface area contributed by atoms with E-state index in [-0.39, 0.29) is 6.54 Å². The molecule has 0 aliphatic heterocycles. The quantitative estimate of drug-likeness (QED) is 0.870. The predicted octanol–water partition coefficient (Wildman–Crippen LogP) is 2.27. The summed E-state index contributed by atoms with van der Waals surface area (Å²) < 4.78 is 30.4. The van der Waals surface area contributed by atoms with Crippen molar-refractivity contribution in [2.75, 3.05) is 5.32 Å². The molecule has 0 saturated heterocycles. The molecular weight excluding hydrogens is 216 g/mol. The van der Waals surface area contributed by atoms with Gasteiger partial charge in [-0.1, -0.05) is 5.16 Å². The van der Waals surface area contributed by atoms with Crippen LogP contribution in [0.5, 0.6) is 0 Å². The van der Waals surface area contributed by atoms with Crippen molar-refractivity contribution in [3.05, 3.63) is 41.5 Å². The summed E-state index contributed by atoms with van der Waals surface area (Å²) in [5, 5.41) is 6.43. The number of aryl methyl sites for hydroxylation is 1. The van der Waals surface area contributed by atoms with Gasteiger partial charge in [0.05, 0.1) is 6.54 Å². The molecule has 6 heteroatoms. The number of nitrogens with one attached hydrogen (secondary N) is 1. The van der Waals surface area contributed by atoms with E-state index in [1.165, 1.54) is 12.1 Å². The van der Waals surface area contributed by atoms with Crippen LogP contribution in [0.3, 0.4) is 0 Å². The number of rotatable bonds is 3. The first-order valence-corrected chi connectivity index (χ1v) is 4.62. The molecule has 0 saturated carbocycles. The van der Waals surface area contributed by atoms with Crippen molar-refractivity contribution < 1.29 is 13.3 Å². The normalized spacial score (nSPS) is 10.4. The van der Waals surface area contributed by atoms with Crippen molar-refractivity contribution in [3.8, 4) is 0 Å². The standard InChI is InChI=1S/C10H9F2N3O/c1-6-14-10(15-16-6)5-13-9-3-7(11)2-8(12)4-9/h2-4,13H,5H2,1H3. The second-order valence-corrected chi connectivity index (χ2v) is 3.24. The molecule has 2 aromatic rings. The third-order valence-corrected chi connectivity index (χ3v) is 1.88. The van der Waals surface area contributed by atoms with Crippen LogP contribution in [0.2, 0.25) is 0 Å². The minimum absolute atomic E-state index is 0.250. The lowest BCUT2D eigenvalue weighted by Gasteiger charge is -2.03. The molecule has 2 rings (SSSR count). The molecule has 0 bridgehead atoms. The Morgan fingerprint density at radius 1 is 1.25 bits per heavy atom. The monoisotopic (exact) mass is 225 g/mol. The van der Waals surface area contributed by atoms with E-state index in [2.05, 4.69) is 15.5 Å². The maximum absolute atomic E-state index is 12.8. The summed E-state index contributed by atoms with van der Waals surface area (Å²) in [5.74, 6) is -0.386. The lowest BCUT2D eigenvalue weighted by molar-refractivity contribution is 0.388. The van der Waals surface area contributed by atoms with Gasteiger partial charge in [0.15, 0.2) is 5.82 Å². The second-order valence-electron chi connectivity index (χ2n) is 3.24. The van der Waals surface area contributed by atoms with Crippen molar-refractivity contribution in [1.29, 1.82) is 0 Å². The fourth-order valence-corrected chi connectivity index (χ4v) is 1.25. The maximum atomic E-state index is 12.8. The average Bonchev–Trinajstić information content (AvgIpc) is 2.60. The summed E-state index contributed by atoms with van der Waals surface area (Å²) in [4.78, 5) is 3.94. The van der Waals surface area contributed by atoms with Gasteiger partial charge in [0.2, 0.25) is 5.89 Å². The number of halogens is 2. The lowest BCUT2D eigenvalue weighted by atomic mass is 10.3. The van der Waals surface area contributed by atoms with Crippen LogP contribution in [-0.4, -0.2) is 10.1 Å². The Morgan fingerprint density at radius 3 is 2.50 bits per heavy atom. The van der Waals surface area contributed by atoms with Crippen LogP contribution >= 0.6 is 0 Å². The van der Waals surface area contributed by atoms with Gasteiger partial charge in [-0.05, 0) is 12.1 Å². The van der Waals surface area contributed by atoms with E-state index in [1.54, 1.807) is 6.92 Å². The summed E-state index contributed by atoms with van der Waals surface area (Å²) in [6.45, 7) is 1.92. The van der Waals surface area contributed by atoms with Crippen LogP contribution in [0, 0.1) is 18.6 Å². The molecule has 4 nitrogen and oxygen atoms in total. The number of hydrogen-bond acceptors (Lipinski definition) is 4. The van der Waals surface area contributed by atoms with Crippen LogP contribution in [0.15, 0.2) is 22.7 Å². The summed E-state index contributed by atoms with van der Waals surface area (Å²) in [6.07, 6.45) is 0. The zero-order chi connectivity index (χ0) is 11.5. The van der Waals surface area contributed by atoms with Crippen LogP contribution < -0.4 is 5.32 Å². The van der Waals surface area contributed by atoms with E-state index in [9.17, 15) is 8.78 Å². The molecule has 16 heavy (non-hydrogen) atoms. The van der Waals surface area contributed by atoms with E-state index < -0.39 is 11.6 Å². The minimum Gasteiger partial charge on any atom is -0.377 e. The minimum atomic E-state index is -0.633. The smallest absolute Gasteiger partial charge is 0.223 e. The molecule has 0 radical (unpaired) electrons. The van der Waals surface area contributed by atoms with E-state index in [0.29, 0.717) is 17.4 Å². The first kappa shape index (κ1) is 10.5. The van der Waals surface area contributed by atoms with Gasteiger partial charge in [0, 0.05) is 18.7 Å². The highest BCUT2D eigenvalue weighted by atomic mass is 19.1.